The van der Waals surface area contributed by atoms with Crippen LogP contribution in [0.1, 0.15) is 12.8 Å². The van der Waals surface area contributed by atoms with Crippen molar-refractivity contribution in [1.29, 1.82) is 0 Å². The third-order valence-electron chi connectivity index (χ3n) is 1.42. The van der Waals surface area contributed by atoms with Gasteiger partial charge in [-0.15, -0.1) is 0 Å². The number of nitrogens with one attached hydrogen (secondary N) is 2. The lowest BCUT2D eigenvalue weighted by Crippen LogP contribution is -2.31. The molecule has 0 saturated carbocycles. The Balaban J connectivity index is 3.60. The summed E-state index contributed by atoms with van der Waals surface area (Å²) in [6, 6.07) is -0.231. The molecule has 0 fully saturated rings. The average Bonchev–Trinajstić information content (AvgIpc) is 2.11. The van der Waals surface area contributed by atoms with E-state index in [-0.39, 0.29) is 12.0 Å². The molecule has 0 spiro atoms. The minimum atomic E-state index is -0.251. The van der Waals surface area contributed by atoms with Crippen molar-refractivity contribution in [2.45, 2.75) is 18.9 Å². The molecule has 0 saturated heterocycles. The van der Waals surface area contributed by atoms with E-state index < -0.39 is 0 Å². The maximum absolute atomic E-state index is 11.0. The van der Waals surface area contributed by atoms with Gasteiger partial charge in [-0.1, -0.05) is 18.8 Å². The lowest BCUT2D eigenvalue weighted by Gasteiger charge is -2.12. The standard InChI is InChI=1S/C5H15N2O2P3/c8-5(9-12)4(7-11)2-1-3-6-10/h4,6-7H,1-3,10-12H2. The summed E-state index contributed by atoms with van der Waals surface area (Å²) in [5, 5.41) is 5.73. The van der Waals surface area contributed by atoms with Crippen molar-refractivity contribution >= 4 is 34.2 Å². The Morgan fingerprint density at radius 2 is 2.17 bits per heavy atom. The van der Waals surface area contributed by atoms with Crippen molar-refractivity contribution in [3.63, 3.8) is 0 Å². The van der Waals surface area contributed by atoms with Crippen LogP contribution in [0.25, 0.3) is 0 Å². The van der Waals surface area contributed by atoms with Crippen molar-refractivity contribution < 1.29 is 9.32 Å². The van der Waals surface area contributed by atoms with E-state index in [9.17, 15) is 4.79 Å². The third-order valence-corrected chi connectivity index (χ3v) is 2.34. The molecule has 0 aliphatic rings. The van der Waals surface area contributed by atoms with Gasteiger partial charge in [-0.2, -0.15) is 0 Å². The van der Waals surface area contributed by atoms with Crippen LogP contribution in [-0.2, 0) is 9.32 Å². The smallest absolute Gasteiger partial charge is 0.325 e. The Kier molecular flexibility index (Phi) is 8.76. The zero-order valence-corrected chi connectivity index (χ0v) is 10.2. The van der Waals surface area contributed by atoms with Gasteiger partial charge in [0.1, 0.15) is 6.04 Å². The maximum Gasteiger partial charge on any atom is 0.325 e. The monoisotopic (exact) mass is 228 g/mol. The van der Waals surface area contributed by atoms with Gasteiger partial charge in [-0.25, -0.2) is 0 Å². The van der Waals surface area contributed by atoms with Gasteiger partial charge in [-0.3, -0.25) is 9.88 Å². The minimum absolute atomic E-state index is 0.231. The van der Waals surface area contributed by atoms with Crippen LogP contribution in [0.5, 0.6) is 0 Å². The van der Waals surface area contributed by atoms with E-state index in [0.717, 1.165) is 19.4 Å². The molecule has 72 valence electrons. The molecule has 4 unspecified atom stereocenters. The maximum atomic E-state index is 11.0. The van der Waals surface area contributed by atoms with Crippen LogP contribution >= 0.6 is 28.2 Å². The molecule has 12 heavy (non-hydrogen) atoms. The highest BCUT2D eigenvalue weighted by atomic mass is 31.0. The first kappa shape index (κ1) is 12.7. The summed E-state index contributed by atoms with van der Waals surface area (Å²) in [5.41, 5.74) is 0. The van der Waals surface area contributed by atoms with Crippen LogP contribution < -0.4 is 10.2 Å². The molecule has 0 aromatic heterocycles. The Hall–Kier alpha value is 0.680. The van der Waals surface area contributed by atoms with Gasteiger partial charge in [0.25, 0.3) is 0 Å². The molecule has 0 amide bonds. The highest BCUT2D eigenvalue weighted by molar-refractivity contribution is 7.14. The van der Waals surface area contributed by atoms with E-state index in [0.29, 0.717) is 0 Å². The van der Waals surface area contributed by atoms with Crippen molar-refractivity contribution in [2.24, 2.45) is 0 Å². The third kappa shape index (κ3) is 5.35. The summed E-state index contributed by atoms with van der Waals surface area (Å²) in [7, 11) is 6.68. The summed E-state index contributed by atoms with van der Waals surface area (Å²) in [6.07, 6.45) is 1.69. The van der Waals surface area contributed by atoms with E-state index >= 15 is 0 Å². The SMILES string of the molecule is O=C(OP)C(CCCNP)NP. The highest BCUT2D eigenvalue weighted by Crippen LogP contribution is 2.03. The highest BCUT2D eigenvalue weighted by Gasteiger charge is 2.15. The van der Waals surface area contributed by atoms with Gasteiger partial charge < -0.3 is 9.61 Å². The van der Waals surface area contributed by atoms with Crippen LogP contribution in [-0.4, -0.2) is 18.6 Å². The normalized spacial score (nSPS) is 12.6. The Labute approximate surface area is 79.8 Å². The van der Waals surface area contributed by atoms with Gasteiger partial charge >= 0.3 is 5.97 Å². The fourth-order valence-electron chi connectivity index (χ4n) is 0.760. The van der Waals surface area contributed by atoms with Gasteiger partial charge in [0, 0.05) is 0 Å². The van der Waals surface area contributed by atoms with Crippen LogP contribution in [0.15, 0.2) is 0 Å². The molecule has 0 aromatic carbocycles. The van der Waals surface area contributed by atoms with E-state index in [1.807, 2.05) is 9.47 Å². The summed E-state index contributed by atoms with van der Waals surface area (Å²) < 4.78 is 4.51. The van der Waals surface area contributed by atoms with Crippen LogP contribution in [0.2, 0.25) is 0 Å². The van der Waals surface area contributed by atoms with Gasteiger partial charge in [-0.05, 0) is 19.4 Å². The summed E-state index contributed by atoms with van der Waals surface area (Å²) in [4.78, 5) is 11.0. The molecule has 0 radical (unpaired) electrons. The van der Waals surface area contributed by atoms with Crippen molar-refractivity contribution in [3.8, 4) is 0 Å². The van der Waals surface area contributed by atoms with Crippen LogP contribution in [0.4, 0.5) is 0 Å². The van der Waals surface area contributed by atoms with Crippen molar-refractivity contribution in [1.82, 2.24) is 10.2 Å². The number of carbonyl (C=O) groups excluding carboxylic acids is 1. The number of carbonyl (C=O) groups is 1. The Morgan fingerprint density at radius 3 is 2.58 bits per heavy atom. The van der Waals surface area contributed by atoms with Crippen LogP contribution in [0.3, 0.4) is 0 Å². The molecule has 0 heterocycles. The first-order valence-corrected chi connectivity index (χ1v) is 5.19. The number of hydrogen-bond acceptors (Lipinski definition) is 4. The van der Waals surface area contributed by atoms with Gasteiger partial charge in [0.15, 0.2) is 0 Å². The van der Waals surface area contributed by atoms with E-state index in [4.69, 9.17) is 0 Å². The van der Waals surface area contributed by atoms with E-state index in [2.05, 4.69) is 33.5 Å². The topological polar surface area (TPSA) is 50.4 Å². The largest absolute Gasteiger partial charge is 0.450 e. The van der Waals surface area contributed by atoms with E-state index in [1.165, 1.54) is 0 Å². The predicted octanol–water partition coefficient (Wildman–Crippen LogP) is 0.228. The van der Waals surface area contributed by atoms with Crippen LogP contribution in [0, 0.1) is 0 Å². The summed E-state index contributed by atoms with van der Waals surface area (Å²) in [6.45, 7) is 0.873. The molecule has 0 aliphatic heterocycles. The molecule has 0 rings (SSSR count). The molecule has 0 aliphatic carbocycles. The lowest BCUT2D eigenvalue weighted by molar-refractivity contribution is -0.135. The molecule has 4 nitrogen and oxygen atoms in total. The lowest BCUT2D eigenvalue weighted by atomic mass is 10.2. The molecular weight excluding hydrogens is 213 g/mol. The minimum Gasteiger partial charge on any atom is -0.450 e. The number of hydrogen-bond donors (Lipinski definition) is 2. The van der Waals surface area contributed by atoms with Gasteiger partial charge in [0.05, 0.1) is 9.47 Å². The summed E-state index contributed by atoms with van der Waals surface area (Å²) in [5.74, 6) is -0.251. The second-order valence-electron chi connectivity index (χ2n) is 2.25. The molecule has 7 heteroatoms. The second kappa shape index (κ2) is 8.29. The first-order valence-electron chi connectivity index (χ1n) is 3.56. The van der Waals surface area contributed by atoms with Crippen molar-refractivity contribution in [3.05, 3.63) is 0 Å². The quantitative estimate of drug-likeness (QED) is 0.504. The molecule has 2 N–H and O–H groups in total. The Bertz CT molecular complexity index is 136. The Morgan fingerprint density at radius 1 is 1.50 bits per heavy atom. The van der Waals surface area contributed by atoms with Crippen molar-refractivity contribution in [2.75, 3.05) is 6.54 Å². The first-order chi connectivity index (χ1) is 5.76. The fraction of sp³-hybridized carbons (Fsp3) is 0.800. The molecule has 0 bridgehead atoms. The zero-order valence-electron chi connectivity index (χ0n) is 6.75. The fourth-order valence-corrected chi connectivity index (χ4v) is 1.43. The number of rotatable bonds is 6. The summed E-state index contributed by atoms with van der Waals surface area (Å²) >= 11 is 0. The second-order valence-corrected chi connectivity index (χ2v) is 3.23. The molecule has 4 atom stereocenters. The zero-order chi connectivity index (χ0) is 9.40. The van der Waals surface area contributed by atoms with E-state index in [1.54, 1.807) is 0 Å². The molecular formula is C5H15N2O2P3. The molecule has 0 aromatic rings. The average molecular weight is 228 g/mol. The van der Waals surface area contributed by atoms with Gasteiger partial charge in [0.2, 0.25) is 0 Å². The predicted molar refractivity (Wildman–Crippen MR) is 59.4 cm³/mol.